The SMILES string of the molecule is CN=C1NC(=O)C[C@@H](c2cccc(-c3cccc([C@H]4CCC4C(F)(F)F)c3)c2)N1. The van der Waals surface area contributed by atoms with E-state index in [1.807, 2.05) is 42.5 Å². The summed E-state index contributed by atoms with van der Waals surface area (Å²) >= 11 is 0. The Labute approximate surface area is 167 Å². The number of benzene rings is 2. The Bertz CT molecular complexity index is 954. The van der Waals surface area contributed by atoms with Crippen molar-refractivity contribution < 1.29 is 18.0 Å². The molecule has 1 unspecified atom stereocenters. The van der Waals surface area contributed by atoms with Crippen LogP contribution in [-0.2, 0) is 4.79 Å². The lowest BCUT2D eigenvalue weighted by Crippen LogP contribution is -2.49. The van der Waals surface area contributed by atoms with Crippen LogP contribution in [0.25, 0.3) is 11.1 Å². The topological polar surface area (TPSA) is 53.5 Å². The molecule has 1 amide bonds. The molecule has 2 aliphatic rings. The minimum Gasteiger partial charge on any atom is -0.349 e. The predicted octanol–water partition coefficient (Wildman–Crippen LogP) is 4.55. The Kier molecular flexibility index (Phi) is 5.06. The number of guanidine groups is 1. The number of aliphatic imine (C=N–C) groups is 1. The molecule has 1 aliphatic heterocycles. The Morgan fingerprint density at radius 1 is 1.00 bits per heavy atom. The van der Waals surface area contributed by atoms with E-state index in [-0.39, 0.29) is 24.8 Å². The van der Waals surface area contributed by atoms with Gasteiger partial charge in [-0.05, 0) is 47.1 Å². The maximum absolute atomic E-state index is 13.2. The highest BCUT2D eigenvalue weighted by Crippen LogP contribution is 2.51. The zero-order chi connectivity index (χ0) is 20.6. The van der Waals surface area contributed by atoms with Crippen molar-refractivity contribution in [3.63, 3.8) is 0 Å². The Morgan fingerprint density at radius 3 is 2.24 bits per heavy atom. The second-order valence-corrected chi connectivity index (χ2v) is 7.60. The quantitative estimate of drug-likeness (QED) is 0.793. The number of carbonyl (C=O) groups excluding carboxylic acids is 1. The van der Waals surface area contributed by atoms with E-state index < -0.39 is 18.0 Å². The van der Waals surface area contributed by atoms with Gasteiger partial charge in [0.2, 0.25) is 5.91 Å². The van der Waals surface area contributed by atoms with Gasteiger partial charge in [-0.2, -0.15) is 13.2 Å². The summed E-state index contributed by atoms with van der Waals surface area (Å²) in [6.07, 6.45) is -3.10. The second kappa shape index (κ2) is 7.54. The van der Waals surface area contributed by atoms with Gasteiger partial charge in [0, 0.05) is 7.05 Å². The molecular formula is C22H22F3N3O. The fourth-order valence-electron chi connectivity index (χ4n) is 4.12. The monoisotopic (exact) mass is 401 g/mol. The number of nitrogens with one attached hydrogen (secondary N) is 2. The van der Waals surface area contributed by atoms with Crippen LogP contribution in [0.15, 0.2) is 53.5 Å². The summed E-state index contributed by atoms with van der Waals surface area (Å²) in [5, 5.41) is 5.86. The Hall–Kier alpha value is -2.83. The van der Waals surface area contributed by atoms with Crippen molar-refractivity contribution in [2.75, 3.05) is 7.05 Å². The average molecular weight is 401 g/mol. The summed E-state index contributed by atoms with van der Waals surface area (Å²) in [4.78, 5) is 15.9. The molecule has 2 aromatic carbocycles. The summed E-state index contributed by atoms with van der Waals surface area (Å²) in [6.45, 7) is 0. The molecule has 4 rings (SSSR count). The number of hydrogen-bond acceptors (Lipinski definition) is 2. The van der Waals surface area contributed by atoms with Crippen LogP contribution >= 0.6 is 0 Å². The lowest BCUT2D eigenvalue weighted by molar-refractivity contribution is -0.200. The number of halogens is 3. The lowest BCUT2D eigenvalue weighted by atomic mass is 9.69. The van der Waals surface area contributed by atoms with Gasteiger partial charge in [0.1, 0.15) is 0 Å². The van der Waals surface area contributed by atoms with E-state index in [9.17, 15) is 18.0 Å². The van der Waals surface area contributed by atoms with Crippen molar-refractivity contribution in [2.45, 2.75) is 37.4 Å². The largest absolute Gasteiger partial charge is 0.392 e. The van der Waals surface area contributed by atoms with Gasteiger partial charge >= 0.3 is 6.18 Å². The van der Waals surface area contributed by atoms with E-state index in [1.165, 1.54) is 0 Å². The van der Waals surface area contributed by atoms with Gasteiger partial charge in [-0.15, -0.1) is 0 Å². The van der Waals surface area contributed by atoms with Crippen LogP contribution in [0.2, 0.25) is 0 Å². The molecule has 0 bridgehead atoms. The van der Waals surface area contributed by atoms with E-state index in [2.05, 4.69) is 15.6 Å². The van der Waals surface area contributed by atoms with Crippen molar-refractivity contribution in [3.8, 4) is 11.1 Å². The van der Waals surface area contributed by atoms with Crippen LogP contribution in [-0.4, -0.2) is 25.1 Å². The van der Waals surface area contributed by atoms with Crippen LogP contribution in [0.4, 0.5) is 13.2 Å². The van der Waals surface area contributed by atoms with Crippen molar-refractivity contribution in [1.29, 1.82) is 0 Å². The fraction of sp³-hybridized carbons (Fsp3) is 0.364. The molecule has 1 aliphatic carbocycles. The van der Waals surface area contributed by atoms with Gasteiger partial charge < -0.3 is 5.32 Å². The summed E-state index contributed by atoms with van der Waals surface area (Å²) in [5.41, 5.74) is 3.45. The number of rotatable bonds is 3. The molecule has 0 radical (unpaired) electrons. The first-order chi connectivity index (χ1) is 13.8. The molecule has 2 aromatic rings. The normalized spacial score (nSPS) is 25.9. The molecule has 1 heterocycles. The summed E-state index contributed by atoms with van der Waals surface area (Å²) < 4.78 is 39.5. The third-order valence-electron chi connectivity index (χ3n) is 5.81. The summed E-state index contributed by atoms with van der Waals surface area (Å²) in [5.74, 6) is -1.39. The first kappa shape index (κ1) is 19.5. The molecule has 152 valence electrons. The highest BCUT2D eigenvalue weighted by atomic mass is 19.4. The van der Waals surface area contributed by atoms with E-state index in [0.717, 1.165) is 22.3 Å². The maximum atomic E-state index is 13.2. The number of carbonyl (C=O) groups is 1. The average Bonchev–Trinajstić information content (AvgIpc) is 2.65. The number of hydrogen-bond donors (Lipinski definition) is 2. The molecule has 3 atom stereocenters. The van der Waals surface area contributed by atoms with Gasteiger partial charge in [-0.25, -0.2) is 0 Å². The zero-order valence-corrected chi connectivity index (χ0v) is 16.0. The standard InChI is InChI=1S/C22H22F3N3O/c1-26-21-27-19(12-20(29)28-21)16-7-3-5-14(11-16)13-4-2-6-15(10-13)17-8-9-18(17)22(23,24)25/h2-7,10-11,17-19H,8-9,12H2,1H3,(H2,26,27,28,29)/t17-,18?,19+/m1/s1. The molecule has 0 spiro atoms. The molecular weight excluding hydrogens is 379 g/mol. The van der Waals surface area contributed by atoms with Crippen LogP contribution in [0, 0.1) is 5.92 Å². The Balaban J connectivity index is 1.60. The van der Waals surface area contributed by atoms with Gasteiger partial charge in [-0.1, -0.05) is 42.5 Å². The Morgan fingerprint density at radius 2 is 1.66 bits per heavy atom. The van der Waals surface area contributed by atoms with Crippen molar-refractivity contribution in [2.24, 2.45) is 10.9 Å². The second-order valence-electron chi connectivity index (χ2n) is 7.60. The lowest BCUT2D eigenvalue weighted by Gasteiger charge is -2.38. The minimum absolute atomic E-state index is 0.107. The molecule has 0 aromatic heterocycles. The fourth-order valence-corrected chi connectivity index (χ4v) is 4.12. The maximum Gasteiger partial charge on any atom is 0.392 e. The smallest absolute Gasteiger partial charge is 0.349 e. The van der Waals surface area contributed by atoms with Crippen LogP contribution in [0.5, 0.6) is 0 Å². The minimum atomic E-state index is -4.15. The third kappa shape index (κ3) is 3.99. The van der Waals surface area contributed by atoms with Crippen molar-refractivity contribution in [3.05, 3.63) is 59.7 Å². The van der Waals surface area contributed by atoms with Crippen LogP contribution < -0.4 is 10.6 Å². The third-order valence-corrected chi connectivity index (χ3v) is 5.81. The van der Waals surface area contributed by atoms with Gasteiger partial charge in [0.25, 0.3) is 0 Å². The zero-order valence-electron chi connectivity index (χ0n) is 16.0. The predicted molar refractivity (Wildman–Crippen MR) is 105 cm³/mol. The molecule has 29 heavy (non-hydrogen) atoms. The highest BCUT2D eigenvalue weighted by molar-refractivity contribution is 5.99. The number of nitrogens with zero attached hydrogens (tertiary/aromatic N) is 1. The van der Waals surface area contributed by atoms with E-state index in [4.69, 9.17) is 0 Å². The highest BCUT2D eigenvalue weighted by Gasteiger charge is 2.50. The van der Waals surface area contributed by atoms with Gasteiger partial charge in [-0.3, -0.25) is 15.1 Å². The van der Waals surface area contributed by atoms with Crippen molar-refractivity contribution >= 4 is 11.9 Å². The van der Waals surface area contributed by atoms with E-state index in [0.29, 0.717) is 12.4 Å². The number of alkyl halides is 3. The molecule has 2 N–H and O–H groups in total. The summed E-state index contributed by atoms with van der Waals surface area (Å²) in [7, 11) is 1.60. The molecule has 4 nitrogen and oxygen atoms in total. The van der Waals surface area contributed by atoms with Gasteiger partial charge in [0.15, 0.2) is 5.96 Å². The van der Waals surface area contributed by atoms with Gasteiger partial charge in [0.05, 0.1) is 18.4 Å². The van der Waals surface area contributed by atoms with Crippen LogP contribution in [0.3, 0.4) is 0 Å². The molecule has 1 saturated heterocycles. The number of amides is 1. The summed E-state index contributed by atoms with van der Waals surface area (Å²) in [6, 6.07) is 14.9. The van der Waals surface area contributed by atoms with E-state index in [1.54, 1.807) is 13.1 Å². The van der Waals surface area contributed by atoms with Crippen LogP contribution in [0.1, 0.15) is 42.3 Å². The molecule has 2 fully saturated rings. The molecule has 7 heteroatoms. The van der Waals surface area contributed by atoms with E-state index >= 15 is 0 Å². The first-order valence-electron chi connectivity index (χ1n) is 9.65. The molecule has 1 saturated carbocycles. The van der Waals surface area contributed by atoms with Crippen molar-refractivity contribution in [1.82, 2.24) is 10.6 Å². The first-order valence-corrected chi connectivity index (χ1v) is 9.65.